The molecule has 0 fully saturated rings. The van der Waals surface area contributed by atoms with Gasteiger partial charge in [-0.15, -0.1) is 0 Å². The van der Waals surface area contributed by atoms with Gasteiger partial charge in [0.2, 0.25) is 5.91 Å². The van der Waals surface area contributed by atoms with E-state index in [2.05, 4.69) is 29.2 Å². The molecule has 0 bridgehead atoms. The molecule has 0 saturated carbocycles. The zero-order valence-corrected chi connectivity index (χ0v) is 19.6. The van der Waals surface area contributed by atoms with E-state index < -0.39 is 0 Å². The number of nitrogens with zero attached hydrogens (tertiary/aromatic N) is 3. The molecule has 0 aliphatic rings. The Morgan fingerprint density at radius 2 is 2.09 bits per heavy atom. The van der Waals surface area contributed by atoms with Crippen molar-refractivity contribution in [1.29, 1.82) is 0 Å². The van der Waals surface area contributed by atoms with E-state index in [-0.39, 0.29) is 5.91 Å². The molecule has 1 heterocycles. The van der Waals surface area contributed by atoms with Crippen molar-refractivity contribution in [3.05, 3.63) is 65.7 Å². The number of methoxy groups -OCH3 is 1. The third kappa shape index (κ3) is 7.54. The van der Waals surface area contributed by atoms with Crippen molar-refractivity contribution in [2.24, 2.45) is 5.92 Å². The predicted octanol–water partition coefficient (Wildman–Crippen LogP) is 4.71. The zero-order valence-electron chi connectivity index (χ0n) is 18.8. The first-order valence-corrected chi connectivity index (χ1v) is 10.9. The minimum Gasteiger partial charge on any atom is -0.493 e. The molecule has 2 aromatic carbocycles. The Labute approximate surface area is 198 Å². The third-order valence-corrected chi connectivity index (χ3v) is 4.68. The van der Waals surface area contributed by atoms with E-state index in [1.165, 1.54) is 12.4 Å². The molecule has 3 aromatic rings. The lowest BCUT2D eigenvalue weighted by Gasteiger charge is -2.14. The molecule has 33 heavy (non-hydrogen) atoms. The molecule has 0 saturated heterocycles. The molecule has 1 N–H and O–H groups in total. The molecule has 0 aliphatic heterocycles. The lowest BCUT2D eigenvalue weighted by Crippen LogP contribution is -2.10. The fourth-order valence-corrected chi connectivity index (χ4v) is 3.12. The second-order valence-electron chi connectivity index (χ2n) is 7.60. The van der Waals surface area contributed by atoms with Crippen LogP contribution in [-0.4, -0.2) is 41.0 Å². The van der Waals surface area contributed by atoms with Crippen molar-refractivity contribution in [3.63, 3.8) is 0 Å². The topological polar surface area (TPSA) is 87.5 Å². The summed E-state index contributed by atoms with van der Waals surface area (Å²) in [5.74, 6) is 1.72. The van der Waals surface area contributed by atoms with Crippen LogP contribution in [0.4, 0.5) is 5.69 Å². The summed E-state index contributed by atoms with van der Waals surface area (Å²) >= 11 is 6.37. The molecule has 0 radical (unpaired) electrons. The molecular formula is C24H27ClN4O4. The summed E-state index contributed by atoms with van der Waals surface area (Å²) in [6, 6.07) is 10.7. The van der Waals surface area contributed by atoms with Crippen LogP contribution in [0.3, 0.4) is 0 Å². The van der Waals surface area contributed by atoms with Crippen molar-refractivity contribution >= 4 is 29.3 Å². The van der Waals surface area contributed by atoms with E-state index in [1.807, 2.05) is 12.1 Å². The molecule has 0 aliphatic carbocycles. The summed E-state index contributed by atoms with van der Waals surface area (Å²) in [6.07, 6.45) is 6.19. The van der Waals surface area contributed by atoms with Crippen molar-refractivity contribution < 1.29 is 19.0 Å². The molecular weight excluding hydrogens is 444 g/mol. The summed E-state index contributed by atoms with van der Waals surface area (Å²) < 4.78 is 18.6. The minimum atomic E-state index is -0.287. The number of carbonyl (C=O) groups excluding carboxylic acids is 1. The fraction of sp³-hybridized carbons (Fsp3) is 0.292. The van der Waals surface area contributed by atoms with Crippen molar-refractivity contribution in [2.45, 2.75) is 20.4 Å². The first-order valence-electron chi connectivity index (χ1n) is 10.5. The van der Waals surface area contributed by atoms with E-state index in [9.17, 15) is 4.79 Å². The van der Waals surface area contributed by atoms with Gasteiger partial charge in [-0.25, -0.2) is 9.67 Å². The first kappa shape index (κ1) is 24.1. The van der Waals surface area contributed by atoms with Gasteiger partial charge < -0.3 is 19.5 Å². The Balaban J connectivity index is 1.58. The number of ether oxygens (including phenoxy) is 3. The number of hydrogen-bond donors (Lipinski definition) is 1. The number of halogens is 1. The molecule has 174 valence electrons. The number of carbonyl (C=O) groups is 1. The van der Waals surface area contributed by atoms with Gasteiger partial charge in [0.1, 0.15) is 25.0 Å². The van der Waals surface area contributed by atoms with Crippen molar-refractivity contribution in [3.8, 4) is 17.2 Å². The molecule has 8 nitrogen and oxygen atoms in total. The van der Waals surface area contributed by atoms with Gasteiger partial charge in [0.25, 0.3) is 0 Å². The quantitative estimate of drug-likeness (QED) is 0.408. The Hall–Kier alpha value is -3.52. The van der Waals surface area contributed by atoms with Crippen molar-refractivity contribution in [2.75, 3.05) is 25.6 Å². The van der Waals surface area contributed by atoms with Crippen LogP contribution in [0.2, 0.25) is 5.02 Å². The van der Waals surface area contributed by atoms with Gasteiger partial charge in [-0.1, -0.05) is 31.5 Å². The molecule has 9 heteroatoms. The molecule has 3 rings (SSSR count). The molecule has 0 spiro atoms. The Kier molecular flexibility index (Phi) is 8.71. The maximum absolute atomic E-state index is 12.4. The number of nitrogens with one attached hydrogen (secondary N) is 1. The van der Waals surface area contributed by atoms with Crippen LogP contribution in [0, 0.1) is 5.92 Å². The Morgan fingerprint density at radius 3 is 2.82 bits per heavy atom. The smallest absolute Gasteiger partial charge is 0.248 e. The maximum atomic E-state index is 12.4. The number of amides is 1. The molecule has 0 atom stereocenters. The van der Waals surface area contributed by atoms with Gasteiger partial charge in [-0.05, 0) is 41.8 Å². The van der Waals surface area contributed by atoms with Gasteiger partial charge in [0, 0.05) is 17.8 Å². The third-order valence-electron chi connectivity index (χ3n) is 4.40. The van der Waals surface area contributed by atoms with E-state index in [4.69, 9.17) is 25.8 Å². The van der Waals surface area contributed by atoms with Crippen LogP contribution in [0.15, 0.2) is 55.1 Å². The highest BCUT2D eigenvalue weighted by molar-refractivity contribution is 6.32. The summed E-state index contributed by atoms with van der Waals surface area (Å²) in [6.45, 7) is 5.64. The number of aromatic nitrogens is 3. The largest absolute Gasteiger partial charge is 0.493 e. The fourth-order valence-electron chi connectivity index (χ4n) is 2.85. The van der Waals surface area contributed by atoms with Gasteiger partial charge in [0.05, 0.1) is 25.3 Å². The lowest BCUT2D eigenvalue weighted by molar-refractivity contribution is -0.111. The highest BCUT2D eigenvalue weighted by Gasteiger charge is 2.12. The van der Waals surface area contributed by atoms with Crippen LogP contribution < -0.4 is 19.5 Å². The molecule has 1 aromatic heterocycles. The summed E-state index contributed by atoms with van der Waals surface area (Å²) in [5, 5.41) is 7.27. The van der Waals surface area contributed by atoms with E-state index >= 15 is 0 Å². The van der Waals surface area contributed by atoms with Gasteiger partial charge in [-0.3, -0.25) is 4.79 Å². The lowest BCUT2D eigenvalue weighted by atomic mass is 10.1. The minimum absolute atomic E-state index is 0.287. The monoisotopic (exact) mass is 470 g/mol. The summed E-state index contributed by atoms with van der Waals surface area (Å²) in [7, 11) is 1.55. The van der Waals surface area contributed by atoms with Gasteiger partial charge in [-0.2, -0.15) is 5.10 Å². The van der Waals surface area contributed by atoms with Crippen LogP contribution >= 0.6 is 11.6 Å². The Bertz CT molecular complexity index is 1080. The standard InChI is InChI=1S/C24H27ClN4O4/c1-17(2)14-33-24-21(25)11-18(12-22(24)31-3)7-8-23(30)28-19-5-4-6-20(13-19)32-10-9-29-16-26-15-27-29/h4-8,11-13,15-17H,9-10,14H2,1-3H3,(H,28,30)/b8-7+. The molecule has 1 amide bonds. The second kappa shape index (κ2) is 11.9. The van der Waals surface area contributed by atoms with Gasteiger partial charge >= 0.3 is 0 Å². The normalized spacial score (nSPS) is 11.1. The highest BCUT2D eigenvalue weighted by Crippen LogP contribution is 2.37. The van der Waals surface area contributed by atoms with Crippen LogP contribution in [0.25, 0.3) is 6.08 Å². The number of hydrogen-bond acceptors (Lipinski definition) is 6. The van der Waals surface area contributed by atoms with E-state index in [0.717, 1.165) is 0 Å². The zero-order chi connectivity index (χ0) is 23.6. The van der Waals surface area contributed by atoms with Crippen LogP contribution in [0.5, 0.6) is 17.2 Å². The summed E-state index contributed by atoms with van der Waals surface area (Å²) in [4.78, 5) is 16.3. The highest BCUT2D eigenvalue weighted by atomic mass is 35.5. The summed E-state index contributed by atoms with van der Waals surface area (Å²) in [5.41, 5.74) is 1.34. The number of benzene rings is 2. The maximum Gasteiger partial charge on any atom is 0.248 e. The van der Waals surface area contributed by atoms with Crippen LogP contribution in [0.1, 0.15) is 19.4 Å². The van der Waals surface area contributed by atoms with E-state index in [0.29, 0.717) is 59.2 Å². The van der Waals surface area contributed by atoms with Crippen molar-refractivity contribution in [1.82, 2.24) is 14.8 Å². The number of anilines is 1. The van der Waals surface area contributed by atoms with E-state index in [1.54, 1.807) is 48.5 Å². The average Bonchev–Trinajstić information content (AvgIpc) is 3.30. The Morgan fingerprint density at radius 1 is 1.24 bits per heavy atom. The van der Waals surface area contributed by atoms with Crippen LogP contribution in [-0.2, 0) is 11.3 Å². The molecule has 0 unspecified atom stereocenters. The average molecular weight is 471 g/mol. The predicted molar refractivity (Wildman–Crippen MR) is 128 cm³/mol. The first-order chi connectivity index (χ1) is 15.9. The SMILES string of the molecule is COc1cc(/C=C/C(=O)Nc2cccc(OCCn3cncn3)c2)cc(Cl)c1OCC(C)C. The second-order valence-corrected chi connectivity index (χ2v) is 8.00. The van der Waals surface area contributed by atoms with Gasteiger partial charge in [0.15, 0.2) is 11.5 Å². The number of rotatable bonds is 11.